The molecule has 2 aliphatic rings. The van der Waals surface area contributed by atoms with E-state index >= 15 is 0 Å². The standard InChI is InChI=1S/C3H3N3/c1-3-2-6(1)5-4-3/h1H,2H2. The van der Waals surface area contributed by atoms with Crippen LogP contribution in [-0.4, -0.2) is 15.0 Å². The third-order valence-electron chi connectivity index (χ3n) is 0.910. The molecule has 0 saturated carbocycles. The average Bonchev–Trinajstić information content (AvgIpc) is 1.72. The molecule has 0 N–H and O–H groups in total. The predicted molar refractivity (Wildman–Crippen MR) is 19.1 cm³/mol. The summed E-state index contributed by atoms with van der Waals surface area (Å²) in [4.78, 5) is 0. The summed E-state index contributed by atoms with van der Waals surface area (Å²) in [6, 6.07) is 0. The molecule has 30 valence electrons. The molecule has 1 aromatic heterocycles. The molecule has 1 aromatic rings. The van der Waals surface area contributed by atoms with Crippen molar-refractivity contribution in [3.63, 3.8) is 0 Å². The van der Waals surface area contributed by atoms with Crippen LogP contribution in [0.5, 0.6) is 0 Å². The van der Waals surface area contributed by atoms with E-state index in [-0.39, 0.29) is 0 Å². The lowest BCUT2D eigenvalue weighted by atomic mass is 10.4. The van der Waals surface area contributed by atoms with Gasteiger partial charge in [-0.25, -0.2) is 4.68 Å². The summed E-state index contributed by atoms with van der Waals surface area (Å²) in [6.45, 7) is 0.944. The second kappa shape index (κ2) is 0.489. The molecular weight excluding hydrogens is 78.1 g/mol. The van der Waals surface area contributed by atoms with Crippen molar-refractivity contribution < 1.29 is 0 Å². The molecule has 2 bridgehead atoms. The van der Waals surface area contributed by atoms with Crippen LogP contribution in [0.1, 0.15) is 5.69 Å². The first-order valence-corrected chi connectivity index (χ1v) is 1.84. The molecule has 0 unspecified atom stereocenters. The van der Waals surface area contributed by atoms with Gasteiger partial charge in [0.05, 0.1) is 12.7 Å². The van der Waals surface area contributed by atoms with Crippen molar-refractivity contribution in [1.29, 1.82) is 0 Å². The van der Waals surface area contributed by atoms with Gasteiger partial charge in [0.2, 0.25) is 0 Å². The topological polar surface area (TPSA) is 30.7 Å². The molecule has 0 fully saturated rings. The lowest BCUT2D eigenvalue weighted by molar-refractivity contribution is 0.656. The third-order valence-corrected chi connectivity index (χ3v) is 0.910. The molecule has 3 nitrogen and oxygen atoms in total. The van der Waals surface area contributed by atoms with Crippen LogP contribution in [0.15, 0.2) is 6.20 Å². The first kappa shape index (κ1) is 2.34. The summed E-state index contributed by atoms with van der Waals surface area (Å²) in [5.41, 5.74) is 1.11. The van der Waals surface area contributed by atoms with E-state index in [4.69, 9.17) is 0 Å². The van der Waals surface area contributed by atoms with E-state index < -0.39 is 0 Å². The third kappa shape index (κ3) is 0.0976. The SMILES string of the molecule is c1c2nnn1C2. The maximum Gasteiger partial charge on any atom is 0.104 e. The maximum atomic E-state index is 3.72. The van der Waals surface area contributed by atoms with E-state index in [9.17, 15) is 0 Å². The Morgan fingerprint density at radius 2 is 2.67 bits per heavy atom. The molecule has 6 heavy (non-hydrogen) atoms. The Morgan fingerprint density at radius 1 is 1.83 bits per heavy atom. The van der Waals surface area contributed by atoms with Gasteiger partial charge in [-0.05, 0) is 0 Å². The molecule has 0 atom stereocenters. The molecular formula is C3H3N3. The lowest BCUT2D eigenvalue weighted by Gasteiger charge is -1.97. The molecule has 0 spiro atoms. The molecule has 0 amide bonds. The van der Waals surface area contributed by atoms with Crippen LogP contribution in [0.25, 0.3) is 0 Å². The van der Waals surface area contributed by atoms with Crippen molar-refractivity contribution in [2.24, 2.45) is 0 Å². The van der Waals surface area contributed by atoms with E-state index in [0.717, 1.165) is 12.2 Å². The van der Waals surface area contributed by atoms with E-state index in [0.29, 0.717) is 0 Å². The van der Waals surface area contributed by atoms with Gasteiger partial charge in [-0.1, -0.05) is 5.21 Å². The molecule has 2 aliphatic heterocycles. The van der Waals surface area contributed by atoms with Crippen molar-refractivity contribution >= 4 is 0 Å². The summed E-state index contributed by atoms with van der Waals surface area (Å²) in [5, 5.41) is 7.40. The van der Waals surface area contributed by atoms with Gasteiger partial charge in [0.1, 0.15) is 5.69 Å². The number of aromatic nitrogens is 3. The summed E-state index contributed by atoms with van der Waals surface area (Å²) < 4.78 is 1.80. The Kier molecular flexibility index (Phi) is 0.190. The van der Waals surface area contributed by atoms with Gasteiger partial charge >= 0.3 is 0 Å². The average molecular weight is 81.1 g/mol. The molecule has 0 radical (unpaired) electrons. The number of hydrogen-bond donors (Lipinski definition) is 0. The van der Waals surface area contributed by atoms with Gasteiger partial charge in [-0.3, -0.25) is 0 Å². The summed E-state index contributed by atoms with van der Waals surface area (Å²) in [5.74, 6) is 0. The minimum absolute atomic E-state index is 0.944. The van der Waals surface area contributed by atoms with Crippen LogP contribution in [-0.2, 0) is 6.54 Å². The normalized spacial score (nSPS) is 14.0. The zero-order chi connectivity index (χ0) is 3.98. The Morgan fingerprint density at radius 3 is 2.83 bits per heavy atom. The fraction of sp³-hybridized carbons (Fsp3) is 0.333. The van der Waals surface area contributed by atoms with Crippen molar-refractivity contribution in [1.82, 2.24) is 15.0 Å². The van der Waals surface area contributed by atoms with E-state index in [1.54, 1.807) is 4.68 Å². The molecule has 0 aromatic carbocycles. The van der Waals surface area contributed by atoms with E-state index in [1.165, 1.54) is 0 Å². The van der Waals surface area contributed by atoms with Crippen molar-refractivity contribution in [3.05, 3.63) is 11.9 Å². The number of fused-ring (bicyclic) bond motifs is 1. The zero-order valence-corrected chi connectivity index (χ0v) is 3.13. The molecule has 0 saturated heterocycles. The zero-order valence-electron chi connectivity index (χ0n) is 3.13. The van der Waals surface area contributed by atoms with Gasteiger partial charge < -0.3 is 0 Å². The quantitative estimate of drug-likeness (QED) is 0.433. The number of hydrogen-bond acceptors (Lipinski definition) is 2. The Labute approximate surface area is 34.6 Å². The van der Waals surface area contributed by atoms with Gasteiger partial charge in [-0.15, -0.1) is 5.10 Å². The maximum absolute atomic E-state index is 3.72. The molecule has 0 aliphatic carbocycles. The minimum atomic E-state index is 0.944. The Bertz CT molecular complexity index is 142. The lowest BCUT2D eigenvalue weighted by Crippen LogP contribution is -2.03. The van der Waals surface area contributed by atoms with Gasteiger partial charge in [0.25, 0.3) is 0 Å². The fourth-order valence-electron chi connectivity index (χ4n) is 0.542. The first-order valence-electron chi connectivity index (χ1n) is 1.84. The summed E-state index contributed by atoms with van der Waals surface area (Å²) >= 11 is 0. The first-order chi connectivity index (χ1) is 2.95. The van der Waals surface area contributed by atoms with Crippen molar-refractivity contribution in [2.45, 2.75) is 6.54 Å². The molecule has 3 heteroatoms. The monoisotopic (exact) mass is 81.0 g/mol. The number of rotatable bonds is 0. The fourth-order valence-corrected chi connectivity index (χ4v) is 0.542. The van der Waals surface area contributed by atoms with Gasteiger partial charge in [-0.2, -0.15) is 0 Å². The minimum Gasteiger partial charge on any atom is -0.246 e. The highest BCUT2D eigenvalue weighted by atomic mass is 15.5. The highest BCUT2D eigenvalue weighted by molar-refractivity contribution is 5.01. The van der Waals surface area contributed by atoms with E-state index in [1.807, 2.05) is 6.20 Å². The molecule has 3 heterocycles. The van der Waals surface area contributed by atoms with Gasteiger partial charge in [0.15, 0.2) is 0 Å². The van der Waals surface area contributed by atoms with Crippen LogP contribution >= 0.6 is 0 Å². The van der Waals surface area contributed by atoms with E-state index in [2.05, 4.69) is 10.3 Å². The second-order valence-corrected chi connectivity index (χ2v) is 1.41. The highest BCUT2D eigenvalue weighted by Crippen LogP contribution is 2.04. The Hall–Kier alpha value is -0.860. The Balaban J connectivity index is 2.95. The summed E-state index contributed by atoms with van der Waals surface area (Å²) in [7, 11) is 0. The van der Waals surface area contributed by atoms with Crippen LogP contribution in [0, 0.1) is 0 Å². The van der Waals surface area contributed by atoms with Crippen LogP contribution in [0.3, 0.4) is 0 Å². The highest BCUT2D eigenvalue weighted by Gasteiger charge is 2.09. The van der Waals surface area contributed by atoms with Crippen molar-refractivity contribution in [3.8, 4) is 0 Å². The van der Waals surface area contributed by atoms with Crippen LogP contribution < -0.4 is 0 Å². The van der Waals surface area contributed by atoms with Crippen molar-refractivity contribution in [2.75, 3.05) is 0 Å². The van der Waals surface area contributed by atoms with Gasteiger partial charge in [0, 0.05) is 0 Å². The second-order valence-electron chi connectivity index (χ2n) is 1.41. The summed E-state index contributed by atoms with van der Waals surface area (Å²) in [6.07, 6.45) is 1.92. The molecule has 3 rings (SSSR count). The smallest absolute Gasteiger partial charge is 0.104 e. The van der Waals surface area contributed by atoms with Crippen LogP contribution in [0.2, 0.25) is 0 Å². The predicted octanol–water partition coefficient (Wildman–Crippen LogP) is -0.360. The largest absolute Gasteiger partial charge is 0.246 e. The van der Waals surface area contributed by atoms with Crippen LogP contribution in [0.4, 0.5) is 0 Å². The number of nitrogens with zero attached hydrogens (tertiary/aromatic N) is 3.